The van der Waals surface area contributed by atoms with E-state index in [0.717, 1.165) is 18.4 Å². The summed E-state index contributed by atoms with van der Waals surface area (Å²) < 4.78 is 5.68. The van der Waals surface area contributed by atoms with Gasteiger partial charge in [-0.15, -0.1) is 0 Å². The molecule has 0 bridgehead atoms. The molecule has 5 heteroatoms. The fourth-order valence-corrected chi connectivity index (χ4v) is 3.26. The molecule has 142 valence electrons. The molecule has 2 amide bonds. The van der Waals surface area contributed by atoms with Crippen LogP contribution in [0.1, 0.15) is 53.0 Å². The average Bonchev–Trinajstić information content (AvgIpc) is 2.58. The lowest BCUT2D eigenvalue weighted by Crippen LogP contribution is -2.61. The minimum Gasteiger partial charge on any atom is -0.444 e. The number of hydrogen-bond donors (Lipinski definition) is 0. The van der Waals surface area contributed by atoms with Crippen molar-refractivity contribution in [1.29, 1.82) is 0 Å². The Morgan fingerprint density at radius 2 is 1.85 bits per heavy atom. The highest BCUT2D eigenvalue weighted by Crippen LogP contribution is 2.35. The highest BCUT2D eigenvalue weighted by molar-refractivity contribution is 5.89. The van der Waals surface area contributed by atoms with Crippen LogP contribution >= 0.6 is 0 Å². The molecule has 0 fully saturated rings. The number of benzene rings is 1. The third kappa shape index (κ3) is 4.26. The predicted octanol–water partition coefficient (Wildman–Crippen LogP) is 4.29. The van der Waals surface area contributed by atoms with Gasteiger partial charge in [0.1, 0.15) is 11.3 Å². The third-order valence-corrected chi connectivity index (χ3v) is 4.48. The highest BCUT2D eigenvalue weighted by Gasteiger charge is 2.45. The van der Waals surface area contributed by atoms with Crippen molar-refractivity contribution in [2.75, 3.05) is 13.1 Å². The van der Waals surface area contributed by atoms with Gasteiger partial charge in [0.2, 0.25) is 5.91 Å². The van der Waals surface area contributed by atoms with Gasteiger partial charge in [0.15, 0.2) is 0 Å². The number of carbonyl (C=O) groups is 2. The van der Waals surface area contributed by atoms with Crippen molar-refractivity contribution in [1.82, 2.24) is 9.80 Å². The Hall–Kier alpha value is -2.30. The molecule has 0 N–H and O–H groups in total. The van der Waals surface area contributed by atoms with Crippen LogP contribution < -0.4 is 0 Å². The summed E-state index contributed by atoms with van der Waals surface area (Å²) >= 11 is 0. The van der Waals surface area contributed by atoms with Gasteiger partial charge < -0.3 is 9.64 Å². The molecular formula is C21H30N2O3. The standard InChI is InChI=1S/C21H30N2O3/c1-6-15-23(19(25)26-20(2,3)4)21(5,17-12-8-7-9-13-17)22-16-11-10-14-18(22)24/h7-10,12-14H,6,11,15-16H2,1-5H3. The van der Waals surface area contributed by atoms with Crippen molar-refractivity contribution >= 4 is 12.0 Å². The molecule has 1 unspecified atom stereocenters. The summed E-state index contributed by atoms with van der Waals surface area (Å²) in [5.74, 6) is -0.0905. The predicted molar refractivity (Wildman–Crippen MR) is 102 cm³/mol. The van der Waals surface area contributed by atoms with E-state index in [1.54, 1.807) is 15.9 Å². The van der Waals surface area contributed by atoms with E-state index in [2.05, 4.69) is 0 Å². The second-order valence-electron chi connectivity index (χ2n) is 7.70. The second-order valence-corrected chi connectivity index (χ2v) is 7.70. The molecule has 0 saturated heterocycles. The van der Waals surface area contributed by atoms with Crippen molar-refractivity contribution in [3.05, 3.63) is 48.0 Å². The summed E-state index contributed by atoms with van der Waals surface area (Å²) in [6.07, 6.45) is 4.58. The summed E-state index contributed by atoms with van der Waals surface area (Å²) in [4.78, 5) is 29.2. The van der Waals surface area contributed by atoms with Gasteiger partial charge in [-0.2, -0.15) is 0 Å². The Kier molecular flexibility index (Phi) is 6.11. The Labute approximate surface area is 156 Å². The minimum absolute atomic E-state index is 0.0905. The molecule has 0 aliphatic carbocycles. The van der Waals surface area contributed by atoms with Gasteiger partial charge >= 0.3 is 6.09 Å². The summed E-state index contributed by atoms with van der Waals surface area (Å²) in [6, 6.07) is 9.70. The molecule has 1 aromatic rings. The van der Waals surface area contributed by atoms with Crippen molar-refractivity contribution in [3.8, 4) is 0 Å². The molecule has 1 aromatic carbocycles. The number of rotatable bonds is 5. The van der Waals surface area contributed by atoms with Gasteiger partial charge in [-0.3, -0.25) is 9.69 Å². The van der Waals surface area contributed by atoms with Gasteiger partial charge in [0.25, 0.3) is 0 Å². The Morgan fingerprint density at radius 1 is 1.19 bits per heavy atom. The molecule has 1 heterocycles. The van der Waals surface area contributed by atoms with Crippen molar-refractivity contribution in [2.45, 2.75) is 58.7 Å². The first-order chi connectivity index (χ1) is 12.2. The lowest BCUT2D eigenvalue weighted by molar-refractivity contribution is -0.142. The monoisotopic (exact) mass is 358 g/mol. The SMILES string of the molecule is CCCN(C(=O)OC(C)(C)C)C(C)(c1ccccc1)N1CCC=CC1=O. The Balaban J connectivity index is 2.54. The smallest absolute Gasteiger partial charge is 0.412 e. The fraction of sp³-hybridized carbons (Fsp3) is 0.524. The van der Waals surface area contributed by atoms with Crippen LogP contribution in [0.5, 0.6) is 0 Å². The van der Waals surface area contributed by atoms with Gasteiger partial charge in [-0.05, 0) is 52.2 Å². The van der Waals surface area contributed by atoms with Gasteiger partial charge in [0, 0.05) is 13.1 Å². The van der Waals surface area contributed by atoms with Crippen LogP contribution in [0, 0.1) is 0 Å². The number of nitrogens with zero attached hydrogens (tertiary/aromatic N) is 2. The minimum atomic E-state index is -0.915. The second kappa shape index (κ2) is 7.94. The Morgan fingerprint density at radius 3 is 2.38 bits per heavy atom. The number of ether oxygens (including phenoxy) is 1. The van der Waals surface area contributed by atoms with Crippen molar-refractivity contribution < 1.29 is 14.3 Å². The molecule has 0 radical (unpaired) electrons. The van der Waals surface area contributed by atoms with E-state index in [0.29, 0.717) is 13.1 Å². The number of amides is 2. The highest BCUT2D eigenvalue weighted by atomic mass is 16.6. The Bertz CT molecular complexity index is 664. The van der Waals surface area contributed by atoms with Crippen molar-refractivity contribution in [2.24, 2.45) is 0 Å². The molecule has 2 rings (SSSR count). The van der Waals surface area contributed by atoms with E-state index < -0.39 is 17.4 Å². The van der Waals surface area contributed by atoms with Crippen molar-refractivity contribution in [3.63, 3.8) is 0 Å². The van der Waals surface area contributed by atoms with Gasteiger partial charge in [-0.25, -0.2) is 4.79 Å². The number of carbonyl (C=O) groups excluding carboxylic acids is 2. The summed E-state index contributed by atoms with van der Waals surface area (Å²) in [5.41, 5.74) is -0.628. The van der Waals surface area contributed by atoms with E-state index in [9.17, 15) is 9.59 Å². The maximum atomic E-state index is 13.1. The van der Waals surface area contributed by atoms with E-state index in [1.165, 1.54) is 0 Å². The van der Waals surface area contributed by atoms with E-state index in [4.69, 9.17) is 4.74 Å². The maximum absolute atomic E-state index is 13.1. The topological polar surface area (TPSA) is 49.9 Å². The fourth-order valence-electron chi connectivity index (χ4n) is 3.26. The average molecular weight is 358 g/mol. The molecule has 26 heavy (non-hydrogen) atoms. The molecule has 1 atom stereocenters. The molecule has 1 aliphatic rings. The molecule has 0 saturated carbocycles. The van der Waals surface area contributed by atoms with E-state index >= 15 is 0 Å². The zero-order valence-corrected chi connectivity index (χ0v) is 16.5. The largest absolute Gasteiger partial charge is 0.444 e. The van der Waals surface area contributed by atoms with E-state index in [-0.39, 0.29) is 5.91 Å². The van der Waals surface area contributed by atoms with Crippen LogP contribution in [0.4, 0.5) is 4.79 Å². The lowest BCUT2D eigenvalue weighted by Gasteiger charge is -2.49. The maximum Gasteiger partial charge on any atom is 0.412 e. The van der Waals surface area contributed by atoms with Crippen LogP contribution in [0.3, 0.4) is 0 Å². The van der Waals surface area contributed by atoms with Crippen LogP contribution in [-0.4, -0.2) is 40.5 Å². The molecule has 0 aromatic heterocycles. The molecule has 0 spiro atoms. The summed E-state index contributed by atoms with van der Waals surface area (Å²) in [7, 11) is 0. The van der Waals surface area contributed by atoms with Gasteiger partial charge in [-0.1, -0.05) is 43.3 Å². The van der Waals surface area contributed by atoms with Crippen LogP contribution in [0.25, 0.3) is 0 Å². The summed E-state index contributed by atoms with van der Waals surface area (Å²) in [5, 5.41) is 0. The molecule has 1 aliphatic heterocycles. The quantitative estimate of drug-likeness (QED) is 0.789. The molecule has 5 nitrogen and oxygen atoms in total. The van der Waals surface area contributed by atoms with E-state index in [1.807, 2.05) is 71.0 Å². The van der Waals surface area contributed by atoms with Crippen LogP contribution in [-0.2, 0) is 15.2 Å². The lowest BCUT2D eigenvalue weighted by atomic mass is 9.95. The molecular weight excluding hydrogens is 328 g/mol. The zero-order valence-electron chi connectivity index (χ0n) is 16.5. The van der Waals surface area contributed by atoms with Crippen LogP contribution in [0.15, 0.2) is 42.5 Å². The first kappa shape index (κ1) is 20.0. The summed E-state index contributed by atoms with van der Waals surface area (Å²) in [6.45, 7) is 10.5. The zero-order chi connectivity index (χ0) is 19.4. The number of hydrogen-bond acceptors (Lipinski definition) is 3. The normalized spacial score (nSPS) is 17.0. The first-order valence-corrected chi connectivity index (χ1v) is 9.24. The van der Waals surface area contributed by atoms with Gasteiger partial charge in [0.05, 0.1) is 0 Å². The third-order valence-electron chi connectivity index (χ3n) is 4.48. The first-order valence-electron chi connectivity index (χ1n) is 9.24. The van der Waals surface area contributed by atoms with Crippen LogP contribution in [0.2, 0.25) is 0 Å².